The molecule has 6 heteroatoms. The number of benzene rings is 1. The van der Waals surface area contributed by atoms with Gasteiger partial charge in [-0.25, -0.2) is 0 Å². The first kappa shape index (κ1) is 16.9. The predicted octanol–water partition coefficient (Wildman–Crippen LogP) is 2.84. The lowest BCUT2D eigenvalue weighted by Gasteiger charge is -2.33. The number of ether oxygens (including phenoxy) is 2. The minimum absolute atomic E-state index is 0.0717. The van der Waals surface area contributed by atoms with E-state index >= 15 is 0 Å². The van der Waals surface area contributed by atoms with Gasteiger partial charge in [0, 0.05) is 13.0 Å². The zero-order valence-corrected chi connectivity index (χ0v) is 14.4. The fourth-order valence-electron chi connectivity index (χ4n) is 2.89. The van der Waals surface area contributed by atoms with E-state index < -0.39 is 0 Å². The number of hydrogen-bond acceptors (Lipinski definition) is 6. The quantitative estimate of drug-likeness (QED) is 0.777. The van der Waals surface area contributed by atoms with Crippen molar-refractivity contribution < 1.29 is 14.0 Å². The smallest absolute Gasteiger partial charge is 0.246 e. The molecule has 0 amide bonds. The molecule has 24 heavy (non-hydrogen) atoms. The highest BCUT2D eigenvalue weighted by molar-refractivity contribution is 5.28. The largest absolute Gasteiger partial charge is 0.497 e. The van der Waals surface area contributed by atoms with E-state index in [1.54, 1.807) is 7.11 Å². The maximum absolute atomic E-state index is 5.62. The Morgan fingerprint density at radius 2 is 2.12 bits per heavy atom. The molecule has 3 rings (SSSR count). The van der Waals surface area contributed by atoms with Gasteiger partial charge in [-0.2, -0.15) is 4.98 Å². The molecule has 1 aliphatic rings. The van der Waals surface area contributed by atoms with Crippen LogP contribution in [0.2, 0.25) is 0 Å². The Morgan fingerprint density at radius 1 is 1.29 bits per heavy atom. The molecule has 0 saturated carbocycles. The molecule has 1 aliphatic heterocycles. The molecule has 1 saturated heterocycles. The van der Waals surface area contributed by atoms with E-state index in [0.717, 1.165) is 31.0 Å². The van der Waals surface area contributed by atoms with Gasteiger partial charge in [-0.3, -0.25) is 4.90 Å². The molecular formula is C18H25N3O3. The minimum Gasteiger partial charge on any atom is -0.497 e. The predicted molar refractivity (Wildman–Crippen MR) is 90.1 cm³/mol. The molecule has 1 atom stereocenters. The summed E-state index contributed by atoms with van der Waals surface area (Å²) in [6.45, 7) is 5.55. The molecule has 1 fully saturated rings. The lowest BCUT2D eigenvalue weighted by atomic mass is 10.1. The fraction of sp³-hybridized carbons (Fsp3) is 0.556. The Kier molecular flexibility index (Phi) is 5.82. The first-order chi connectivity index (χ1) is 11.8. The second-order valence-corrected chi connectivity index (χ2v) is 6.05. The van der Waals surface area contributed by atoms with Gasteiger partial charge < -0.3 is 14.0 Å². The van der Waals surface area contributed by atoms with Crippen molar-refractivity contribution in [3.8, 4) is 5.75 Å². The van der Waals surface area contributed by atoms with Crippen molar-refractivity contribution in [3.05, 3.63) is 41.5 Å². The van der Waals surface area contributed by atoms with Gasteiger partial charge in [-0.15, -0.1) is 0 Å². The molecule has 0 N–H and O–H groups in total. The van der Waals surface area contributed by atoms with E-state index in [0.29, 0.717) is 24.7 Å². The molecule has 2 aromatic rings. The van der Waals surface area contributed by atoms with Crippen molar-refractivity contribution >= 4 is 0 Å². The fourth-order valence-corrected chi connectivity index (χ4v) is 2.89. The second-order valence-electron chi connectivity index (χ2n) is 6.05. The van der Waals surface area contributed by atoms with Crippen molar-refractivity contribution in [1.82, 2.24) is 15.0 Å². The normalized spacial score (nSPS) is 18.7. The van der Waals surface area contributed by atoms with Crippen LogP contribution >= 0.6 is 0 Å². The van der Waals surface area contributed by atoms with Gasteiger partial charge in [0.2, 0.25) is 5.89 Å². The van der Waals surface area contributed by atoms with E-state index in [-0.39, 0.29) is 6.04 Å². The summed E-state index contributed by atoms with van der Waals surface area (Å²) in [6, 6.07) is 8.00. The number of nitrogens with zero attached hydrogens (tertiary/aromatic N) is 3. The summed E-state index contributed by atoms with van der Waals surface area (Å²) in [5.74, 6) is 2.21. The van der Waals surface area contributed by atoms with Crippen LogP contribution in [0.25, 0.3) is 0 Å². The van der Waals surface area contributed by atoms with Crippen molar-refractivity contribution in [2.75, 3.05) is 33.4 Å². The lowest BCUT2D eigenvalue weighted by Crippen LogP contribution is -2.40. The number of aromatic nitrogens is 2. The third-order valence-corrected chi connectivity index (χ3v) is 4.33. The lowest BCUT2D eigenvalue weighted by molar-refractivity contribution is -0.0203. The summed E-state index contributed by atoms with van der Waals surface area (Å²) in [5, 5.41) is 4.14. The summed E-state index contributed by atoms with van der Waals surface area (Å²) in [6.07, 6.45) is 3.00. The number of unbranched alkanes of at least 4 members (excludes halogenated alkanes) is 1. The molecule has 0 spiro atoms. The van der Waals surface area contributed by atoms with Crippen LogP contribution in [0.4, 0.5) is 0 Å². The molecule has 0 bridgehead atoms. The Hall–Kier alpha value is -1.92. The van der Waals surface area contributed by atoms with Crippen LogP contribution < -0.4 is 4.74 Å². The maximum Gasteiger partial charge on any atom is 0.246 e. The highest BCUT2D eigenvalue weighted by Crippen LogP contribution is 2.24. The van der Waals surface area contributed by atoms with Crippen molar-refractivity contribution in [2.45, 2.75) is 32.2 Å². The van der Waals surface area contributed by atoms with Gasteiger partial charge in [0.25, 0.3) is 0 Å². The monoisotopic (exact) mass is 331 g/mol. The molecule has 1 unspecified atom stereocenters. The molecule has 2 heterocycles. The third kappa shape index (κ3) is 4.13. The van der Waals surface area contributed by atoms with Crippen LogP contribution in [0.15, 0.2) is 28.8 Å². The minimum atomic E-state index is 0.0717. The van der Waals surface area contributed by atoms with Crippen LogP contribution in [-0.4, -0.2) is 48.5 Å². The van der Waals surface area contributed by atoms with Crippen LogP contribution in [0.1, 0.15) is 43.1 Å². The Balaban J connectivity index is 1.66. The highest BCUT2D eigenvalue weighted by Gasteiger charge is 2.29. The Morgan fingerprint density at radius 3 is 2.88 bits per heavy atom. The van der Waals surface area contributed by atoms with Gasteiger partial charge in [-0.1, -0.05) is 30.6 Å². The average Bonchev–Trinajstić information content (AvgIpc) is 3.09. The Bertz CT molecular complexity index is 627. The van der Waals surface area contributed by atoms with E-state index in [1.807, 2.05) is 24.3 Å². The second kappa shape index (κ2) is 8.26. The van der Waals surface area contributed by atoms with E-state index in [9.17, 15) is 0 Å². The van der Waals surface area contributed by atoms with Gasteiger partial charge in [0.15, 0.2) is 5.82 Å². The zero-order valence-electron chi connectivity index (χ0n) is 14.4. The van der Waals surface area contributed by atoms with Crippen LogP contribution in [0.3, 0.4) is 0 Å². The van der Waals surface area contributed by atoms with E-state index in [4.69, 9.17) is 14.0 Å². The first-order valence-corrected chi connectivity index (χ1v) is 8.57. The van der Waals surface area contributed by atoms with Gasteiger partial charge in [0.1, 0.15) is 11.8 Å². The first-order valence-electron chi connectivity index (χ1n) is 8.57. The average molecular weight is 331 g/mol. The van der Waals surface area contributed by atoms with Gasteiger partial charge >= 0.3 is 0 Å². The molecule has 130 valence electrons. The van der Waals surface area contributed by atoms with Crippen molar-refractivity contribution in [1.29, 1.82) is 0 Å². The SMILES string of the molecule is CCCCN1CCOCC1c1nc(Cc2ccc(OC)cc2)no1. The molecule has 1 aromatic carbocycles. The molecule has 0 radical (unpaired) electrons. The summed E-state index contributed by atoms with van der Waals surface area (Å²) >= 11 is 0. The summed E-state index contributed by atoms with van der Waals surface area (Å²) in [7, 11) is 1.66. The number of rotatable bonds is 7. The van der Waals surface area contributed by atoms with Crippen LogP contribution in [-0.2, 0) is 11.2 Å². The third-order valence-electron chi connectivity index (χ3n) is 4.33. The summed E-state index contributed by atoms with van der Waals surface area (Å²) in [5.41, 5.74) is 1.13. The zero-order chi connectivity index (χ0) is 16.8. The van der Waals surface area contributed by atoms with Crippen molar-refractivity contribution in [2.24, 2.45) is 0 Å². The molecular weight excluding hydrogens is 306 g/mol. The molecule has 6 nitrogen and oxygen atoms in total. The van der Waals surface area contributed by atoms with Crippen LogP contribution in [0, 0.1) is 0 Å². The summed E-state index contributed by atoms with van der Waals surface area (Å²) in [4.78, 5) is 6.99. The van der Waals surface area contributed by atoms with E-state index in [2.05, 4.69) is 22.0 Å². The maximum atomic E-state index is 5.62. The van der Waals surface area contributed by atoms with Crippen LogP contribution in [0.5, 0.6) is 5.75 Å². The summed E-state index contributed by atoms with van der Waals surface area (Å²) < 4.78 is 16.3. The van der Waals surface area contributed by atoms with Gasteiger partial charge in [0.05, 0.1) is 20.3 Å². The highest BCUT2D eigenvalue weighted by atomic mass is 16.5. The topological polar surface area (TPSA) is 60.6 Å². The number of methoxy groups -OCH3 is 1. The molecule has 1 aromatic heterocycles. The Labute approximate surface area is 142 Å². The standard InChI is InChI=1S/C18H25N3O3/c1-3-4-9-21-10-11-23-13-16(21)18-19-17(20-24-18)12-14-5-7-15(22-2)8-6-14/h5-8,16H,3-4,9-13H2,1-2H3. The van der Waals surface area contributed by atoms with Gasteiger partial charge in [-0.05, 0) is 30.7 Å². The van der Waals surface area contributed by atoms with E-state index in [1.165, 1.54) is 12.8 Å². The number of morpholine rings is 1. The molecule has 0 aliphatic carbocycles. The van der Waals surface area contributed by atoms with Crippen molar-refractivity contribution in [3.63, 3.8) is 0 Å². The number of hydrogen-bond donors (Lipinski definition) is 0.